The fourth-order valence-electron chi connectivity index (χ4n) is 1.48. The van der Waals surface area contributed by atoms with Gasteiger partial charge in [0.1, 0.15) is 0 Å². The Morgan fingerprint density at radius 1 is 1.50 bits per heavy atom. The van der Waals surface area contributed by atoms with E-state index in [1.165, 1.54) is 7.11 Å². The minimum absolute atomic E-state index is 0.201. The highest BCUT2D eigenvalue weighted by Crippen LogP contribution is 2.24. The smallest absolute Gasteiger partial charge is 0.313 e. The fraction of sp³-hybridized carbons (Fsp3) is 0.455. The highest BCUT2D eigenvalue weighted by atomic mass is 16.5. The topological polar surface area (TPSA) is 39.2 Å². The number of carbonyl (C=O) groups excluding carboxylic acids is 1. The van der Waals surface area contributed by atoms with E-state index in [1.807, 2.05) is 26.0 Å². The molecule has 1 atom stereocenters. The molecule has 0 amide bonds. The second-order valence-electron chi connectivity index (χ2n) is 3.53. The van der Waals surface area contributed by atoms with Crippen LogP contribution >= 0.6 is 0 Å². The lowest BCUT2D eigenvalue weighted by molar-refractivity contribution is -0.143. The molecule has 3 heteroatoms. The molecule has 0 spiro atoms. The molecule has 14 heavy (non-hydrogen) atoms. The van der Waals surface area contributed by atoms with Gasteiger partial charge in [0.2, 0.25) is 0 Å². The second-order valence-corrected chi connectivity index (χ2v) is 3.53. The maximum absolute atomic E-state index is 11.5. The lowest BCUT2D eigenvalue weighted by atomic mass is 9.90. The number of pyridine rings is 1. The van der Waals surface area contributed by atoms with Gasteiger partial charge in [0, 0.05) is 12.4 Å². The summed E-state index contributed by atoms with van der Waals surface area (Å²) < 4.78 is 4.76. The van der Waals surface area contributed by atoms with Crippen molar-refractivity contribution in [2.45, 2.75) is 19.8 Å². The Morgan fingerprint density at radius 3 is 2.64 bits per heavy atom. The molecule has 0 aliphatic carbocycles. The van der Waals surface area contributed by atoms with E-state index in [0.29, 0.717) is 0 Å². The number of hydrogen-bond donors (Lipinski definition) is 0. The third-order valence-electron chi connectivity index (χ3n) is 2.17. The van der Waals surface area contributed by atoms with E-state index in [1.54, 1.807) is 12.4 Å². The molecule has 1 aromatic heterocycles. The third-order valence-corrected chi connectivity index (χ3v) is 2.17. The number of carbonyl (C=O) groups is 1. The molecule has 0 aromatic carbocycles. The Balaban J connectivity index is 2.95. The SMILES string of the molecule is COC(=O)C(c1cccnc1)C(C)C. The van der Waals surface area contributed by atoms with Gasteiger partial charge < -0.3 is 4.74 Å². The average Bonchev–Trinajstić information content (AvgIpc) is 2.19. The van der Waals surface area contributed by atoms with Gasteiger partial charge in [-0.3, -0.25) is 9.78 Å². The maximum Gasteiger partial charge on any atom is 0.313 e. The summed E-state index contributed by atoms with van der Waals surface area (Å²) in [6, 6.07) is 3.72. The van der Waals surface area contributed by atoms with Crippen LogP contribution in [0.5, 0.6) is 0 Å². The molecular formula is C11H15NO2. The van der Waals surface area contributed by atoms with Crippen LogP contribution in [0.1, 0.15) is 25.3 Å². The number of aromatic nitrogens is 1. The maximum atomic E-state index is 11.5. The first-order valence-corrected chi connectivity index (χ1v) is 4.64. The van der Waals surface area contributed by atoms with Crippen molar-refractivity contribution in [3.05, 3.63) is 30.1 Å². The van der Waals surface area contributed by atoms with Crippen LogP contribution in [0, 0.1) is 5.92 Å². The van der Waals surface area contributed by atoms with E-state index in [0.717, 1.165) is 5.56 Å². The van der Waals surface area contributed by atoms with Crippen molar-refractivity contribution in [3.8, 4) is 0 Å². The Kier molecular flexibility index (Phi) is 3.63. The molecule has 1 aromatic rings. The second kappa shape index (κ2) is 4.74. The lowest BCUT2D eigenvalue weighted by Crippen LogP contribution is -2.19. The van der Waals surface area contributed by atoms with Crippen LogP contribution in [0.2, 0.25) is 0 Å². The number of esters is 1. The van der Waals surface area contributed by atoms with E-state index in [2.05, 4.69) is 4.98 Å². The van der Waals surface area contributed by atoms with Crippen molar-refractivity contribution < 1.29 is 9.53 Å². The van der Waals surface area contributed by atoms with Crippen molar-refractivity contribution in [2.24, 2.45) is 5.92 Å². The van der Waals surface area contributed by atoms with Crippen LogP contribution in [-0.4, -0.2) is 18.1 Å². The molecule has 0 radical (unpaired) electrons. The monoisotopic (exact) mass is 193 g/mol. The summed E-state index contributed by atoms with van der Waals surface area (Å²) in [5.74, 6) is -0.201. The molecule has 1 heterocycles. The minimum Gasteiger partial charge on any atom is -0.469 e. The Hall–Kier alpha value is -1.38. The Bertz CT molecular complexity index is 295. The van der Waals surface area contributed by atoms with Gasteiger partial charge in [0.25, 0.3) is 0 Å². The van der Waals surface area contributed by atoms with E-state index in [9.17, 15) is 4.79 Å². The fourth-order valence-corrected chi connectivity index (χ4v) is 1.48. The van der Waals surface area contributed by atoms with Crippen LogP contribution < -0.4 is 0 Å². The average molecular weight is 193 g/mol. The summed E-state index contributed by atoms with van der Waals surface area (Å²) in [5, 5.41) is 0. The van der Waals surface area contributed by atoms with Gasteiger partial charge in [-0.15, -0.1) is 0 Å². The molecule has 3 nitrogen and oxygen atoms in total. The molecule has 76 valence electrons. The summed E-state index contributed by atoms with van der Waals surface area (Å²) in [6.45, 7) is 3.99. The number of hydrogen-bond acceptors (Lipinski definition) is 3. The normalized spacial score (nSPS) is 12.6. The molecule has 0 N–H and O–H groups in total. The summed E-state index contributed by atoms with van der Waals surface area (Å²) in [6.07, 6.45) is 3.40. The van der Waals surface area contributed by atoms with Crippen molar-refractivity contribution in [3.63, 3.8) is 0 Å². The summed E-state index contributed by atoms with van der Waals surface area (Å²) in [5.41, 5.74) is 0.911. The highest BCUT2D eigenvalue weighted by molar-refractivity contribution is 5.78. The van der Waals surface area contributed by atoms with Gasteiger partial charge in [-0.1, -0.05) is 19.9 Å². The summed E-state index contributed by atoms with van der Waals surface area (Å²) >= 11 is 0. The number of rotatable bonds is 3. The van der Waals surface area contributed by atoms with Crippen molar-refractivity contribution in [2.75, 3.05) is 7.11 Å². The van der Waals surface area contributed by atoms with Crippen LogP contribution in [0.15, 0.2) is 24.5 Å². The highest BCUT2D eigenvalue weighted by Gasteiger charge is 2.24. The van der Waals surface area contributed by atoms with Gasteiger partial charge in [-0.2, -0.15) is 0 Å². The predicted molar refractivity (Wildman–Crippen MR) is 53.8 cm³/mol. The standard InChI is InChI=1S/C11H15NO2/c1-8(2)10(11(13)14-3)9-5-4-6-12-7-9/h4-8,10H,1-3H3. The van der Waals surface area contributed by atoms with Crippen molar-refractivity contribution in [1.82, 2.24) is 4.98 Å². The molecule has 0 aliphatic rings. The molecule has 1 unspecified atom stereocenters. The van der Waals surface area contributed by atoms with Crippen LogP contribution in [0.25, 0.3) is 0 Å². The molecular weight excluding hydrogens is 178 g/mol. The quantitative estimate of drug-likeness (QED) is 0.689. The molecule has 1 rings (SSSR count). The molecule has 0 bridgehead atoms. The zero-order valence-electron chi connectivity index (χ0n) is 8.73. The van der Waals surface area contributed by atoms with E-state index >= 15 is 0 Å². The number of ether oxygens (including phenoxy) is 1. The number of nitrogens with zero attached hydrogens (tertiary/aromatic N) is 1. The lowest BCUT2D eigenvalue weighted by Gasteiger charge is -2.17. The Morgan fingerprint density at radius 2 is 2.21 bits per heavy atom. The van der Waals surface area contributed by atoms with Gasteiger partial charge >= 0.3 is 5.97 Å². The van der Waals surface area contributed by atoms with E-state index < -0.39 is 0 Å². The van der Waals surface area contributed by atoms with Gasteiger partial charge in [0.05, 0.1) is 13.0 Å². The first-order valence-electron chi connectivity index (χ1n) is 4.64. The molecule has 0 saturated heterocycles. The molecule has 0 aliphatic heterocycles. The minimum atomic E-state index is -0.214. The van der Waals surface area contributed by atoms with E-state index in [4.69, 9.17) is 4.74 Å². The van der Waals surface area contributed by atoms with Crippen LogP contribution in [0.3, 0.4) is 0 Å². The predicted octanol–water partition coefficient (Wildman–Crippen LogP) is 1.99. The molecule has 0 fully saturated rings. The van der Waals surface area contributed by atoms with Crippen LogP contribution in [-0.2, 0) is 9.53 Å². The van der Waals surface area contributed by atoms with E-state index in [-0.39, 0.29) is 17.8 Å². The van der Waals surface area contributed by atoms with Gasteiger partial charge in [-0.05, 0) is 17.5 Å². The third kappa shape index (κ3) is 2.31. The van der Waals surface area contributed by atoms with Crippen molar-refractivity contribution in [1.29, 1.82) is 0 Å². The number of methoxy groups -OCH3 is 1. The molecule has 0 saturated carbocycles. The Labute approximate surface area is 84.1 Å². The van der Waals surface area contributed by atoms with Gasteiger partial charge in [-0.25, -0.2) is 0 Å². The summed E-state index contributed by atoms with van der Waals surface area (Å²) in [4.78, 5) is 15.5. The van der Waals surface area contributed by atoms with Crippen LogP contribution in [0.4, 0.5) is 0 Å². The zero-order valence-corrected chi connectivity index (χ0v) is 8.73. The summed E-state index contributed by atoms with van der Waals surface area (Å²) in [7, 11) is 1.41. The largest absolute Gasteiger partial charge is 0.469 e. The zero-order chi connectivity index (χ0) is 10.6. The van der Waals surface area contributed by atoms with Crippen molar-refractivity contribution >= 4 is 5.97 Å². The first-order chi connectivity index (χ1) is 6.66. The van der Waals surface area contributed by atoms with Gasteiger partial charge in [0.15, 0.2) is 0 Å². The first kappa shape index (κ1) is 10.7.